The predicted molar refractivity (Wildman–Crippen MR) is 60.1 cm³/mol. The fourth-order valence-corrected chi connectivity index (χ4v) is 5.70. The molecule has 23 heavy (non-hydrogen) atoms. The van der Waals surface area contributed by atoms with Crippen molar-refractivity contribution in [3.63, 3.8) is 0 Å². The van der Waals surface area contributed by atoms with Crippen LogP contribution < -0.4 is 0 Å². The van der Waals surface area contributed by atoms with Gasteiger partial charge in [-0.2, -0.15) is 62.7 Å². The van der Waals surface area contributed by atoms with Crippen LogP contribution in [0.25, 0.3) is 0 Å². The second kappa shape index (κ2) is 6.28. The minimum atomic E-state index is -6.35. The number of rotatable bonds is 4. The van der Waals surface area contributed by atoms with Crippen LogP contribution in [0.2, 0.25) is 0 Å². The van der Waals surface area contributed by atoms with Gasteiger partial charge in [-0.25, -0.2) is 0 Å². The Bertz CT molecular complexity index is 352. The molecule has 0 aromatic carbocycles. The largest absolute Gasteiger partial charge is 0.408 e. The molecule has 0 aromatic heterocycles. The first-order chi connectivity index (χ1) is 9.85. The van der Waals surface area contributed by atoms with Gasteiger partial charge in [-0.15, -0.1) is 0 Å². The lowest BCUT2D eigenvalue weighted by Gasteiger charge is -2.50. The Hall–Kier alpha value is -0.750. The van der Waals surface area contributed by atoms with Gasteiger partial charge in [0, 0.05) is 0 Å². The first-order valence-corrected chi connectivity index (χ1v) is 7.53. The van der Waals surface area contributed by atoms with Crippen molar-refractivity contribution in [2.24, 2.45) is 0 Å². The molecule has 0 bridgehead atoms. The van der Waals surface area contributed by atoms with Crippen molar-refractivity contribution in [1.82, 2.24) is 0 Å². The first-order valence-electron chi connectivity index (χ1n) is 5.53. The second-order valence-corrected chi connectivity index (χ2v) is 7.96. The Labute approximate surface area is 123 Å². The molecule has 0 saturated carbocycles. The summed E-state index contributed by atoms with van der Waals surface area (Å²) in [5.41, 5.74) is 0. The SMILES string of the molecule is C=CS(CC)(C(C(F)(F)F)C(F)(F)F)C(C(F)(F)F)C(F)(F)F. The number of alkyl halides is 12. The van der Waals surface area contributed by atoms with Crippen molar-refractivity contribution in [1.29, 1.82) is 0 Å². The van der Waals surface area contributed by atoms with Crippen LogP contribution in [-0.4, -0.2) is 41.0 Å². The lowest BCUT2D eigenvalue weighted by atomic mass is 10.4. The molecule has 0 nitrogen and oxygen atoms in total. The average Bonchev–Trinajstić information content (AvgIpc) is 2.19. The fourth-order valence-electron chi connectivity index (χ4n) is 2.15. The highest BCUT2D eigenvalue weighted by molar-refractivity contribution is 8.37. The summed E-state index contributed by atoms with van der Waals surface area (Å²) in [6.45, 7) is 2.85. The van der Waals surface area contributed by atoms with E-state index < -0.39 is 56.4 Å². The third-order valence-electron chi connectivity index (χ3n) is 2.88. The molecule has 0 amide bonds. The molecule has 0 N–H and O–H groups in total. The second-order valence-electron chi connectivity index (χ2n) is 4.29. The summed E-state index contributed by atoms with van der Waals surface area (Å²) >= 11 is 0. The van der Waals surface area contributed by atoms with E-state index in [9.17, 15) is 52.7 Å². The lowest BCUT2D eigenvalue weighted by molar-refractivity contribution is -0.235. The van der Waals surface area contributed by atoms with Gasteiger partial charge < -0.3 is 0 Å². The predicted octanol–water partition coefficient (Wildman–Crippen LogP) is 5.94. The number of halogens is 12. The van der Waals surface area contributed by atoms with E-state index in [-0.39, 0.29) is 0 Å². The molecular weight excluding hydrogens is 380 g/mol. The van der Waals surface area contributed by atoms with Gasteiger partial charge in [-0.3, -0.25) is 0 Å². The molecule has 0 heterocycles. The minimum Gasteiger partial charge on any atom is -0.182 e. The molecule has 0 aliphatic heterocycles. The molecule has 0 saturated heterocycles. The van der Waals surface area contributed by atoms with Crippen molar-refractivity contribution in [2.45, 2.75) is 42.1 Å². The van der Waals surface area contributed by atoms with E-state index >= 15 is 0 Å². The van der Waals surface area contributed by atoms with Crippen molar-refractivity contribution in [3.05, 3.63) is 12.0 Å². The topological polar surface area (TPSA) is 0 Å². The summed E-state index contributed by atoms with van der Waals surface area (Å²) < 4.78 is 153. The Kier molecular flexibility index (Phi) is 6.08. The van der Waals surface area contributed by atoms with Gasteiger partial charge in [0.15, 0.2) is 10.5 Å². The van der Waals surface area contributed by atoms with Crippen LogP contribution in [0, 0.1) is 0 Å². The Morgan fingerprint density at radius 1 is 0.696 bits per heavy atom. The van der Waals surface area contributed by atoms with Crippen molar-refractivity contribution < 1.29 is 52.7 Å². The molecule has 0 unspecified atom stereocenters. The molecule has 0 aliphatic carbocycles. The molecule has 13 heteroatoms. The molecule has 0 aromatic rings. The van der Waals surface area contributed by atoms with Crippen LogP contribution in [0.3, 0.4) is 0 Å². The molecule has 0 rings (SSSR count). The molecule has 140 valence electrons. The van der Waals surface area contributed by atoms with Gasteiger partial charge in [0.05, 0.1) is 0 Å². The zero-order valence-corrected chi connectivity index (χ0v) is 11.9. The molecule has 0 radical (unpaired) electrons. The van der Waals surface area contributed by atoms with Crippen LogP contribution >= 0.6 is 10.0 Å². The molecule has 0 spiro atoms. The summed E-state index contributed by atoms with van der Waals surface area (Å²) in [6.07, 6.45) is -25.4. The Morgan fingerprint density at radius 3 is 1.00 bits per heavy atom. The third-order valence-corrected chi connectivity index (χ3v) is 7.32. The molecular formula is C10H10F12S. The Balaban J connectivity index is 6.74. The fraction of sp³-hybridized carbons (Fsp3) is 0.800. The quantitative estimate of drug-likeness (QED) is 0.521. The van der Waals surface area contributed by atoms with Crippen LogP contribution in [0.5, 0.6) is 0 Å². The van der Waals surface area contributed by atoms with E-state index in [0.29, 0.717) is 6.92 Å². The smallest absolute Gasteiger partial charge is 0.182 e. The molecule has 0 atom stereocenters. The summed E-state index contributed by atoms with van der Waals surface area (Å²) in [5.74, 6) is -1.65. The monoisotopic (exact) mass is 390 g/mol. The van der Waals surface area contributed by atoms with Crippen LogP contribution in [-0.2, 0) is 0 Å². The zero-order valence-electron chi connectivity index (χ0n) is 11.1. The highest BCUT2D eigenvalue weighted by Crippen LogP contribution is 2.71. The van der Waals surface area contributed by atoms with Crippen LogP contribution in [0.4, 0.5) is 52.7 Å². The number of hydrogen-bond donors (Lipinski definition) is 0. The molecule has 0 aliphatic rings. The highest BCUT2D eigenvalue weighted by Gasteiger charge is 2.73. The van der Waals surface area contributed by atoms with Crippen molar-refractivity contribution >= 4 is 10.0 Å². The third kappa shape index (κ3) is 4.63. The van der Waals surface area contributed by atoms with E-state index in [2.05, 4.69) is 6.58 Å². The summed E-state index contributed by atoms with van der Waals surface area (Å²) in [4.78, 5) is 0. The van der Waals surface area contributed by atoms with E-state index in [1.54, 1.807) is 0 Å². The lowest BCUT2D eigenvalue weighted by Crippen LogP contribution is -2.56. The maximum Gasteiger partial charge on any atom is 0.408 e. The maximum absolute atomic E-state index is 12.7. The van der Waals surface area contributed by atoms with Gasteiger partial charge in [0.25, 0.3) is 0 Å². The van der Waals surface area contributed by atoms with Gasteiger partial charge in [0.2, 0.25) is 0 Å². The van der Waals surface area contributed by atoms with Gasteiger partial charge in [-0.1, -0.05) is 18.9 Å². The van der Waals surface area contributed by atoms with Crippen molar-refractivity contribution in [3.8, 4) is 0 Å². The average molecular weight is 390 g/mol. The van der Waals surface area contributed by atoms with Crippen molar-refractivity contribution in [2.75, 3.05) is 5.75 Å². The highest BCUT2D eigenvalue weighted by atomic mass is 32.3. The first kappa shape index (κ1) is 22.2. The van der Waals surface area contributed by atoms with E-state index in [1.807, 2.05) is 0 Å². The standard InChI is InChI=1S/C10H10F12S/c1-3-23(4-2,5(7(11,12)13)8(14,15)16)6(9(17,18)19)10(20,21)22/h3,5-6H,1,4H2,2H3. The molecule has 0 fully saturated rings. The van der Waals surface area contributed by atoms with Crippen LogP contribution in [0.1, 0.15) is 6.92 Å². The number of hydrogen-bond acceptors (Lipinski definition) is 0. The zero-order chi connectivity index (χ0) is 19.1. The van der Waals surface area contributed by atoms with Gasteiger partial charge in [0.1, 0.15) is 0 Å². The summed E-state index contributed by atoms with van der Waals surface area (Å²) in [5, 5.41) is -10.1. The maximum atomic E-state index is 12.7. The van der Waals surface area contributed by atoms with Gasteiger partial charge in [-0.05, 0) is 5.75 Å². The summed E-state index contributed by atoms with van der Waals surface area (Å²) in [7, 11) is -5.52. The van der Waals surface area contributed by atoms with E-state index in [0.717, 1.165) is 0 Å². The van der Waals surface area contributed by atoms with Gasteiger partial charge >= 0.3 is 24.7 Å². The minimum absolute atomic E-state index is 0.409. The normalized spacial score (nSPS) is 16.1. The van der Waals surface area contributed by atoms with E-state index in [4.69, 9.17) is 0 Å². The van der Waals surface area contributed by atoms with E-state index in [1.165, 1.54) is 0 Å². The van der Waals surface area contributed by atoms with Crippen LogP contribution in [0.15, 0.2) is 12.0 Å². The summed E-state index contributed by atoms with van der Waals surface area (Å²) in [6, 6.07) is 0. The Morgan fingerprint density at radius 2 is 0.913 bits per heavy atom.